The molecule has 0 aromatic heterocycles. The van der Waals surface area contributed by atoms with Crippen molar-refractivity contribution in [3.05, 3.63) is 58.7 Å². The van der Waals surface area contributed by atoms with Crippen LogP contribution in [0.25, 0.3) is 0 Å². The molecule has 8 nitrogen and oxygen atoms in total. The number of ether oxygens (including phenoxy) is 1. The molecule has 0 saturated heterocycles. The Bertz CT molecular complexity index is 1160. The number of hydrogen-bond acceptors (Lipinski definition) is 5. The molecule has 8 heteroatoms. The number of hydrogen-bond donors (Lipinski definition) is 3. The van der Waals surface area contributed by atoms with Gasteiger partial charge in [0.1, 0.15) is 23.4 Å². The number of amides is 3. The molecule has 3 N–H and O–H groups in total. The molecule has 38 heavy (non-hydrogen) atoms. The highest BCUT2D eigenvalue weighted by Gasteiger charge is 2.43. The minimum Gasteiger partial charge on any atom is -0.507 e. The molecule has 2 rings (SSSR count). The van der Waals surface area contributed by atoms with Gasteiger partial charge in [0.05, 0.1) is 0 Å². The first-order chi connectivity index (χ1) is 17.5. The molecule has 0 fully saturated rings. The summed E-state index contributed by atoms with van der Waals surface area (Å²) in [7, 11) is 0. The fourth-order valence-electron chi connectivity index (χ4n) is 4.20. The van der Waals surface area contributed by atoms with Crippen LogP contribution < -0.4 is 10.6 Å². The maximum Gasteiger partial charge on any atom is 0.408 e. The van der Waals surface area contributed by atoms with Gasteiger partial charge in [-0.2, -0.15) is 0 Å². The van der Waals surface area contributed by atoms with E-state index < -0.39 is 41.1 Å². The number of phenolic OH excluding ortho intramolecular Hbond substituents is 1. The van der Waals surface area contributed by atoms with Gasteiger partial charge in [-0.25, -0.2) is 4.79 Å². The zero-order chi connectivity index (χ0) is 29.0. The molecule has 2 aromatic carbocycles. The first kappa shape index (κ1) is 30.7. The smallest absolute Gasteiger partial charge is 0.408 e. The minimum atomic E-state index is -1.18. The number of alkyl carbamates (subject to hydrolysis) is 1. The van der Waals surface area contributed by atoms with Crippen LogP contribution in [0.15, 0.2) is 36.4 Å². The van der Waals surface area contributed by atoms with Crippen molar-refractivity contribution < 1.29 is 24.2 Å². The highest BCUT2D eigenvalue weighted by molar-refractivity contribution is 6.00. The fraction of sp³-hybridized carbons (Fsp3) is 0.500. The average Bonchev–Trinajstić information content (AvgIpc) is 2.80. The number of carbonyl (C=O) groups excluding carboxylic acids is 3. The first-order valence-corrected chi connectivity index (χ1v) is 13.0. The summed E-state index contributed by atoms with van der Waals surface area (Å²) < 4.78 is 5.34. The third-order valence-corrected chi connectivity index (χ3v) is 6.66. The van der Waals surface area contributed by atoms with E-state index in [1.54, 1.807) is 52.8 Å². The number of aromatic hydroxyl groups is 1. The number of benzene rings is 2. The van der Waals surface area contributed by atoms with Gasteiger partial charge in [-0.1, -0.05) is 43.3 Å². The lowest BCUT2D eigenvalue weighted by atomic mass is 9.91. The van der Waals surface area contributed by atoms with Crippen LogP contribution >= 0.6 is 0 Å². The third kappa shape index (κ3) is 7.27. The quantitative estimate of drug-likeness (QED) is 0.396. The zero-order valence-corrected chi connectivity index (χ0v) is 24.4. The molecule has 0 saturated carbocycles. The van der Waals surface area contributed by atoms with Gasteiger partial charge in [0.25, 0.3) is 5.91 Å². The van der Waals surface area contributed by atoms with Crippen molar-refractivity contribution in [3.8, 4) is 5.75 Å². The highest BCUT2D eigenvalue weighted by atomic mass is 16.6. The van der Waals surface area contributed by atoms with Crippen LogP contribution in [0, 0.1) is 20.8 Å². The van der Waals surface area contributed by atoms with Gasteiger partial charge in [-0.3, -0.25) is 9.59 Å². The number of anilines is 1. The standard InChI is InChI=1S/C30H43N3O5/c1-11-30(9,10)33(27(36)21(5)31-28(37)38-29(6,7)8)24(22-17-13-16-20(4)25(22)34)26(35)32-23-18(2)14-12-15-19(23)3/h12-17,21,24,34H,11H2,1-10H3,(H,31,37)(H,32,35). The number of nitrogens with zero attached hydrogens (tertiary/aromatic N) is 1. The lowest BCUT2D eigenvalue weighted by molar-refractivity contribution is -0.147. The Morgan fingerprint density at radius 2 is 1.47 bits per heavy atom. The van der Waals surface area contributed by atoms with E-state index in [9.17, 15) is 19.5 Å². The summed E-state index contributed by atoms with van der Waals surface area (Å²) >= 11 is 0. The van der Waals surface area contributed by atoms with E-state index in [1.165, 1.54) is 4.90 Å². The Hall–Kier alpha value is -3.55. The second-order valence-electron chi connectivity index (χ2n) is 11.4. The highest BCUT2D eigenvalue weighted by Crippen LogP contribution is 2.38. The normalized spacial score (nSPS) is 13.3. The Kier molecular flexibility index (Phi) is 9.59. The molecule has 0 aliphatic heterocycles. The van der Waals surface area contributed by atoms with Crippen molar-refractivity contribution >= 4 is 23.6 Å². The van der Waals surface area contributed by atoms with Gasteiger partial charge >= 0.3 is 6.09 Å². The molecule has 3 amide bonds. The molecule has 0 radical (unpaired) electrons. The van der Waals surface area contributed by atoms with Gasteiger partial charge in [0.15, 0.2) is 0 Å². The summed E-state index contributed by atoms with van der Waals surface area (Å²) in [6.45, 7) is 17.9. The van der Waals surface area contributed by atoms with Crippen molar-refractivity contribution in [1.82, 2.24) is 10.2 Å². The molecular weight excluding hydrogens is 482 g/mol. The molecule has 0 aliphatic carbocycles. The van der Waals surface area contributed by atoms with Gasteiger partial charge in [-0.15, -0.1) is 0 Å². The van der Waals surface area contributed by atoms with Crippen molar-refractivity contribution in [2.24, 2.45) is 0 Å². The lowest BCUT2D eigenvalue weighted by Gasteiger charge is -2.44. The van der Waals surface area contributed by atoms with E-state index in [2.05, 4.69) is 10.6 Å². The second-order valence-corrected chi connectivity index (χ2v) is 11.4. The number of phenols is 1. The monoisotopic (exact) mass is 525 g/mol. The van der Waals surface area contributed by atoms with Crippen LogP contribution in [0.5, 0.6) is 5.75 Å². The van der Waals surface area contributed by atoms with E-state index in [1.807, 2.05) is 52.8 Å². The van der Waals surface area contributed by atoms with E-state index >= 15 is 0 Å². The maximum absolute atomic E-state index is 14.1. The fourth-order valence-corrected chi connectivity index (χ4v) is 4.20. The van der Waals surface area contributed by atoms with Crippen molar-refractivity contribution in [3.63, 3.8) is 0 Å². The Morgan fingerprint density at radius 1 is 0.947 bits per heavy atom. The molecule has 2 atom stereocenters. The molecule has 208 valence electrons. The first-order valence-electron chi connectivity index (χ1n) is 13.0. The van der Waals surface area contributed by atoms with E-state index in [0.29, 0.717) is 23.2 Å². The van der Waals surface area contributed by atoms with E-state index in [0.717, 1.165) is 11.1 Å². The van der Waals surface area contributed by atoms with E-state index in [4.69, 9.17) is 4.74 Å². The van der Waals surface area contributed by atoms with Crippen molar-refractivity contribution in [2.45, 2.75) is 98.9 Å². The summed E-state index contributed by atoms with van der Waals surface area (Å²) in [5.74, 6) is -1.01. The summed E-state index contributed by atoms with van der Waals surface area (Å²) in [6, 6.07) is 8.65. The van der Waals surface area contributed by atoms with Crippen LogP contribution in [0.2, 0.25) is 0 Å². The molecule has 0 spiro atoms. The van der Waals surface area contributed by atoms with Crippen LogP contribution in [0.4, 0.5) is 10.5 Å². The van der Waals surface area contributed by atoms with Gasteiger partial charge < -0.3 is 25.4 Å². The second kappa shape index (κ2) is 11.9. The predicted octanol–water partition coefficient (Wildman–Crippen LogP) is 5.93. The summed E-state index contributed by atoms with van der Waals surface area (Å²) in [6.07, 6.45) is -0.222. The average molecular weight is 526 g/mol. The predicted molar refractivity (Wildman–Crippen MR) is 150 cm³/mol. The van der Waals surface area contributed by atoms with E-state index in [-0.39, 0.29) is 5.75 Å². The van der Waals surface area contributed by atoms with Crippen LogP contribution in [0.3, 0.4) is 0 Å². The summed E-state index contributed by atoms with van der Waals surface area (Å²) in [5, 5.41) is 16.7. The zero-order valence-electron chi connectivity index (χ0n) is 24.4. The number of aryl methyl sites for hydroxylation is 3. The van der Waals surface area contributed by atoms with Crippen molar-refractivity contribution in [1.29, 1.82) is 0 Å². The van der Waals surface area contributed by atoms with Gasteiger partial charge in [-0.05, 0) is 85.4 Å². The molecule has 0 bridgehead atoms. The van der Waals surface area contributed by atoms with Crippen LogP contribution in [-0.2, 0) is 14.3 Å². The topological polar surface area (TPSA) is 108 Å². The number of carbonyl (C=O) groups is 3. The number of para-hydroxylation sites is 2. The Balaban J connectivity index is 2.65. The molecule has 2 unspecified atom stereocenters. The van der Waals surface area contributed by atoms with Crippen LogP contribution in [-0.4, -0.2) is 45.1 Å². The number of nitrogens with one attached hydrogen (secondary N) is 2. The third-order valence-electron chi connectivity index (χ3n) is 6.66. The summed E-state index contributed by atoms with van der Waals surface area (Å²) in [5.41, 5.74) is 1.71. The molecular formula is C30H43N3O5. The van der Waals surface area contributed by atoms with Gasteiger partial charge in [0.2, 0.25) is 5.91 Å². The number of rotatable bonds is 8. The maximum atomic E-state index is 14.1. The molecule has 0 aliphatic rings. The Morgan fingerprint density at radius 3 is 2.00 bits per heavy atom. The van der Waals surface area contributed by atoms with Crippen molar-refractivity contribution in [2.75, 3.05) is 5.32 Å². The SMILES string of the molecule is CCC(C)(C)N(C(=O)C(C)NC(=O)OC(C)(C)C)C(C(=O)Nc1c(C)cccc1C)c1cccc(C)c1O. The molecule has 0 heterocycles. The molecule has 2 aromatic rings. The minimum absolute atomic E-state index is 0.0633. The largest absolute Gasteiger partial charge is 0.507 e. The summed E-state index contributed by atoms with van der Waals surface area (Å²) in [4.78, 5) is 42.1. The Labute approximate surface area is 226 Å². The van der Waals surface area contributed by atoms with Crippen LogP contribution in [0.1, 0.15) is 83.2 Å². The lowest BCUT2D eigenvalue weighted by Crippen LogP contribution is -2.58. The van der Waals surface area contributed by atoms with Gasteiger partial charge in [0, 0.05) is 16.8 Å².